The van der Waals surface area contributed by atoms with Gasteiger partial charge in [0, 0.05) is 12.1 Å². The Balaban J connectivity index is 1.80. The highest BCUT2D eigenvalue weighted by Gasteiger charge is 2.24. The third-order valence-corrected chi connectivity index (χ3v) is 5.20. The predicted molar refractivity (Wildman–Crippen MR) is 132 cm³/mol. The summed E-state index contributed by atoms with van der Waals surface area (Å²) in [5.74, 6) is -0.651. The molecule has 0 bridgehead atoms. The largest absolute Gasteiger partial charge is 0.464 e. The van der Waals surface area contributed by atoms with Crippen LogP contribution < -0.4 is 11.1 Å². The maximum atomic E-state index is 13.0. The first-order valence-corrected chi connectivity index (χ1v) is 11.2. The SMILES string of the molecule is CC(C)(C)COC(=O)C(N)c1ccccc1-c1ccccc1C(=O)NCCc1ccccc1. The van der Waals surface area contributed by atoms with Crippen molar-refractivity contribution in [2.75, 3.05) is 13.2 Å². The van der Waals surface area contributed by atoms with Gasteiger partial charge in [-0.3, -0.25) is 4.79 Å². The third kappa shape index (κ3) is 6.77. The van der Waals surface area contributed by atoms with E-state index in [1.54, 1.807) is 6.07 Å². The number of nitrogens with two attached hydrogens (primary N) is 1. The van der Waals surface area contributed by atoms with Crippen LogP contribution in [0.25, 0.3) is 11.1 Å². The van der Waals surface area contributed by atoms with E-state index in [1.807, 2.05) is 93.6 Å². The van der Waals surface area contributed by atoms with Gasteiger partial charge < -0.3 is 15.8 Å². The summed E-state index contributed by atoms with van der Waals surface area (Å²) >= 11 is 0. The average molecular weight is 445 g/mol. The molecule has 0 aromatic heterocycles. The molecule has 33 heavy (non-hydrogen) atoms. The number of carbonyl (C=O) groups is 2. The molecule has 0 heterocycles. The van der Waals surface area contributed by atoms with E-state index in [-0.39, 0.29) is 17.9 Å². The molecule has 0 fully saturated rings. The van der Waals surface area contributed by atoms with Crippen molar-refractivity contribution < 1.29 is 14.3 Å². The van der Waals surface area contributed by atoms with Crippen molar-refractivity contribution in [2.45, 2.75) is 33.2 Å². The lowest BCUT2D eigenvalue weighted by Crippen LogP contribution is -2.28. The van der Waals surface area contributed by atoms with Gasteiger partial charge in [-0.25, -0.2) is 4.79 Å². The van der Waals surface area contributed by atoms with Gasteiger partial charge in [0.15, 0.2) is 0 Å². The monoisotopic (exact) mass is 444 g/mol. The summed E-state index contributed by atoms with van der Waals surface area (Å²) in [4.78, 5) is 25.7. The lowest BCUT2D eigenvalue weighted by Gasteiger charge is -2.21. The average Bonchev–Trinajstić information content (AvgIpc) is 2.82. The van der Waals surface area contributed by atoms with Crippen molar-refractivity contribution >= 4 is 11.9 Å². The quantitative estimate of drug-likeness (QED) is 0.484. The topological polar surface area (TPSA) is 81.4 Å². The van der Waals surface area contributed by atoms with Crippen LogP contribution in [-0.2, 0) is 16.0 Å². The number of ether oxygens (including phenoxy) is 1. The fourth-order valence-electron chi connectivity index (χ4n) is 3.49. The molecule has 0 radical (unpaired) electrons. The van der Waals surface area contributed by atoms with Gasteiger partial charge in [0.25, 0.3) is 5.91 Å². The zero-order valence-electron chi connectivity index (χ0n) is 19.5. The standard InChI is InChI=1S/C28H32N2O3/c1-28(2,3)19-33-27(32)25(29)23-15-9-7-13-21(23)22-14-8-10-16-24(22)26(31)30-18-17-20-11-5-4-6-12-20/h4-16,25H,17-19,29H2,1-3H3,(H,30,31). The minimum absolute atomic E-state index is 0.153. The number of rotatable bonds is 8. The maximum Gasteiger partial charge on any atom is 0.327 e. The highest BCUT2D eigenvalue weighted by atomic mass is 16.5. The Morgan fingerprint density at radius 2 is 1.48 bits per heavy atom. The van der Waals surface area contributed by atoms with Crippen LogP contribution in [0.4, 0.5) is 0 Å². The van der Waals surface area contributed by atoms with Gasteiger partial charge in [-0.1, -0.05) is 93.6 Å². The van der Waals surface area contributed by atoms with Crippen LogP contribution in [0.1, 0.15) is 48.3 Å². The summed E-state index contributed by atoms with van der Waals surface area (Å²) in [6, 6.07) is 23.8. The second-order valence-electron chi connectivity index (χ2n) is 9.27. The van der Waals surface area contributed by atoms with E-state index in [9.17, 15) is 9.59 Å². The van der Waals surface area contributed by atoms with Crippen molar-refractivity contribution in [1.29, 1.82) is 0 Å². The van der Waals surface area contributed by atoms with Crippen LogP contribution >= 0.6 is 0 Å². The first-order valence-electron chi connectivity index (χ1n) is 11.2. The Morgan fingerprint density at radius 3 is 2.18 bits per heavy atom. The maximum absolute atomic E-state index is 13.0. The zero-order chi connectivity index (χ0) is 23.8. The predicted octanol–water partition coefficient (Wildman–Crippen LogP) is 4.92. The number of nitrogens with one attached hydrogen (secondary N) is 1. The van der Waals surface area contributed by atoms with Crippen LogP contribution in [0.2, 0.25) is 0 Å². The van der Waals surface area contributed by atoms with Gasteiger partial charge in [-0.15, -0.1) is 0 Å². The molecule has 5 heteroatoms. The summed E-state index contributed by atoms with van der Waals surface area (Å²) in [6.07, 6.45) is 0.746. The van der Waals surface area contributed by atoms with Crippen molar-refractivity contribution in [3.63, 3.8) is 0 Å². The van der Waals surface area contributed by atoms with Crippen LogP contribution in [0.3, 0.4) is 0 Å². The minimum atomic E-state index is -0.947. The Bertz CT molecular complexity index is 1090. The van der Waals surface area contributed by atoms with Gasteiger partial charge in [0.2, 0.25) is 0 Å². The zero-order valence-corrected chi connectivity index (χ0v) is 19.5. The van der Waals surface area contributed by atoms with Crippen molar-refractivity contribution in [1.82, 2.24) is 5.32 Å². The third-order valence-electron chi connectivity index (χ3n) is 5.20. The molecule has 1 unspecified atom stereocenters. The van der Waals surface area contributed by atoms with Gasteiger partial charge >= 0.3 is 5.97 Å². The molecule has 0 aliphatic rings. The lowest BCUT2D eigenvalue weighted by molar-refractivity contribution is -0.148. The molecule has 0 saturated heterocycles. The Kier molecular flexibility index (Phi) is 8.01. The van der Waals surface area contributed by atoms with Crippen LogP contribution in [0, 0.1) is 5.41 Å². The molecule has 172 valence electrons. The number of amides is 1. The summed E-state index contributed by atoms with van der Waals surface area (Å²) in [5.41, 5.74) is 9.94. The Morgan fingerprint density at radius 1 is 0.879 bits per heavy atom. The molecular weight excluding hydrogens is 412 g/mol. The minimum Gasteiger partial charge on any atom is -0.464 e. The molecule has 5 nitrogen and oxygen atoms in total. The summed E-state index contributed by atoms with van der Waals surface area (Å²) in [7, 11) is 0. The normalized spacial score (nSPS) is 12.1. The van der Waals surface area contributed by atoms with Crippen molar-refractivity contribution in [3.05, 3.63) is 95.6 Å². The van der Waals surface area contributed by atoms with Gasteiger partial charge in [0.05, 0.1) is 6.61 Å². The molecule has 0 saturated carbocycles. The number of carbonyl (C=O) groups excluding carboxylic acids is 2. The first-order chi connectivity index (χ1) is 15.8. The number of hydrogen-bond donors (Lipinski definition) is 2. The molecule has 3 aromatic carbocycles. The Hall–Kier alpha value is -3.44. The number of hydrogen-bond acceptors (Lipinski definition) is 4. The highest BCUT2D eigenvalue weighted by molar-refractivity contribution is 6.01. The van der Waals surface area contributed by atoms with E-state index in [2.05, 4.69) is 5.32 Å². The van der Waals surface area contributed by atoms with Gasteiger partial charge in [-0.05, 0) is 40.2 Å². The van der Waals surface area contributed by atoms with E-state index in [0.717, 1.165) is 23.1 Å². The van der Waals surface area contributed by atoms with Crippen LogP contribution in [0.15, 0.2) is 78.9 Å². The molecule has 3 aromatic rings. The molecular formula is C28H32N2O3. The molecule has 3 rings (SSSR count). The first kappa shape index (κ1) is 24.2. The van der Waals surface area contributed by atoms with E-state index >= 15 is 0 Å². The van der Waals surface area contributed by atoms with E-state index < -0.39 is 12.0 Å². The highest BCUT2D eigenvalue weighted by Crippen LogP contribution is 2.31. The fraction of sp³-hybridized carbons (Fsp3) is 0.286. The second kappa shape index (κ2) is 10.9. The smallest absolute Gasteiger partial charge is 0.327 e. The molecule has 1 atom stereocenters. The van der Waals surface area contributed by atoms with E-state index in [1.165, 1.54) is 0 Å². The van der Waals surface area contributed by atoms with Crippen molar-refractivity contribution in [2.24, 2.45) is 11.1 Å². The lowest BCUT2D eigenvalue weighted by atomic mass is 9.91. The summed E-state index contributed by atoms with van der Waals surface area (Å²) < 4.78 is 5.44. The number of esters is 1. The summed E-state index contributed by atoms with van der Waals surface area (Å²) in [6.45, 7) is 6.78. The van der Waals surface area contributed by atoms with Crippen molar-refractivity contribution in [3.8, 4) is 11.1 Å². The molecule has 0 aliphatic carbocycles. The van der Waals surface area contributed by atoms with Gasteiger partial charge in [0.1, 0.15) is 6.04 Å². The van der Waals surface area contributed by atoms with Crippen LogP contribution in [-0.4, -0.2) is 25.0 Å². The fourth-order valence-corrected chi connectivity index (χ4v) is 3.49. The van der Waals surface area contributed by atoms with E-state index in [4.69, 9.17) is 10.5 Å². The number of benzene rings is 3. The van der Waals surface area contributed by atoms with Gasteiger partial charge in [-0.2, -0.15) is 0 Å². The molecule has 0 spiro atoms. The molecule has 1 amide bonds. The molecule has 0 aliphatic heterocycles. The Labute approximate surface area is 196 Å². The summed E-state index contributed by atoms with van der Waals surface area (Å²) in [5, 5.41) is 3.00. The van der Waals surface area contributed by atoms with E-state index in [0.29, 0.717) is 17.7 Å². The second-order valence-corrected chi connectivity index (χ2v) is 9.27. The molecule has 3 N–H and O–H groups in total. The van der Waals surface area contributed by atoms with Crippen LogP contribution in [0.5, 0.6) is 0 Å².